The van der Waals surface area contributed by atoms with Gasteiger partial charge in [0.05, 0.1) is 7.11 Å². The Morgan fingerprint density at radius 1 is 1.25 bits per heavy atom. The Labute approximate surface area is 108 Å². The Kier molecular flexibility index (Phi) is 4.17. The zero-order chi connectivity index (χ0) is 15.8. The number of methoxy groups -OCH3 is 1. The fourth-order valence-electron chi connectivity index (χ4n) is 1.35. The van der Waals surface area contributed by atoms with Crippen LogP contribution in [0.15, 0.2) is 10.3 Å². The number of ether oxygens (including phenoxy) is 1. The zero-order valence-electron chi connectivity index (χ0n) is 10.1. The molecule has 0 fully saturated rings. The van der Waals surface area contributed by atoms with E-state index in [0.29, 0.717) is 0 Å². The topological polar surface area (TPSA) is 63.5 Å². The highest BCUT2D eigenvalue weighted by Crippen LogP contribution is 2.50. The minimum absolute atomic E-state index is 0.741. The van der Waals surface area contributed by atoms with Gasteiger partial charge in [0.15, 0.2) is 6.10 Å². The normalized spacial score (nSPS) is 20.1. The molecule has 1 atom stereocenters. The standard InChI is InChI=1S/C8H9F6N3O3/c1-4(5(18)19-2)20-17-6(3-15-16-17,7(9,10)11)8(12,13)14/h4H,3H2,1-2H3. The third kappa shape index (κ3) is 2.51. The molecule has 0 bridgehead atoms. The predicted octanol–water partition coefficient (Wildman–Crippen LogP) is 2.03. The first-order valence-electron chi connectivity index (χ1n) is 5.03. The van der Waals surface area contributed by atoms with Crippen molar-refractivity contribution in [2.75, 3.05) is 13.7 Å². The van der Waals surface area contributed by atoms with Crippen LogP contribution in [-0.2, 0) is 14.4 Å². The SMILES string of the molecule is COC(=O)C(C)ON1N=NCC1(C(F)(F)F)C(F)(F)F. The molecule has 0 N–H and O–H groups in total. The van der Waals surface area contributed by atoms with Crippen molar-refractivity contribution in [2.24, 2.45) is 10.3 Å². The molecule has 1 aliphatic rings. The third-order valence-corrected chi connectivity index (χ3v) is 2.50. The molecular formula is C8H9F6N3O3. The molecule has 0 radical (unpaired) electrons. The van der Waals surface area contributed by atoms with Crippen LogP contribution >= 0.6 is 0 Å². The fraction of sp³-hybridized carbons (Fsp3) is 0.875. The second-order valence-electron chi connectivity index (χ2n) is 3.79. The van der Waals surface area contributed by atoms with Crippen LogP contribution < -0.4 is 0 Å². The molecule has 20 heavy (non-hydrogen) atoms. The molecule has 1 rings (SSSR count). The summed E-state index contributed by atoms with van der Waals surface area (Å²) < 4.78 is 81.0. The summed E-state index contributed by atoms with van der Waals surface area (Å²) in [6, 6.07) is 0. The smallest absolute Gasteiger partial charge is 0.426 e. The van der Waals surface area contributed by atoms with E-state index < -0.39 is 41.7 Å². The van der Waals surface area contributed by atoms with E-state index in [1.165, 1.54) is 0 Å². The van der Waals surface area contributed by atoms with Crippen LogP contribution in [-0.4, -0.2) is 48.8 Å². The maximum atomic E-state index is 12.8. The summed E-state index contributed by atoms with van der Waals surface area (Å²) >= 11 is 0. The lowest BCUT2D eigenvalue weighted by Crippen LogP contribution is -2.66. The molecule has 0 saturated heterocycles. The van der Waals surface area contributed by atoms with Crippen molar-refractivity contribution >= 4 is 5.97 Å². The fourth-order valence-corrected chi connectivity index (χ4v) is 1.35. The third-order valence-electron chi connectivity index (χ3n) is 2.50. The monoisotopic (exact) mass is 309 g/mol. The highest BCUT2D eigenvalue weighted by Gasteiger charge is 2.77. The molecule has 116 valence electrons. The number of hydrogen-bond acceptors (Lipinski definition) is 6. The van der Waals surface area contributed by atoms with Gasteiger partial charge in [0.25, 0.3) is 5.54 Å². The number of esters is 1. The summed E-state index contributed by atoms with van der Waals surface area (Å²) in [5.74, 6) is -1.16. The molecule has 1 unspecified atom stereocenters. The van der Waals surface area contributed by atoms with E-state index in [0.717, 1.165) is 14.0 Å². The first-order valence-corrected chi connectivity index (χ1v) is 5.03. The molecule has 0 aliphatic carbocycles. The van der Waals surface area contributed by atoms with E-state index in [2.05, 4.69) is 19.9 Å². The van der Waals surface area contributed by atoms with Gasteiger partial charge in [0.2, 0.25) is 0 Å². The molecule has 12 heteroatoms. The Hall–Kier alpha value is -1.59. The van der Waals surface area contributed by atoms with Crippen LogP contribution in [0.2, 0.25) is 0 Å². The Balaban J connectivity index is 3.11. The van der Waals surface area contributed by atoms with Gasteiger partial charge < -0.3 is 4.74 Å². The largest absolute Gasteiger partial charge is 0.467 e. The lowest BCUT2D eigenvalue weighted by molar-refractivity contribution is -0.395. The average Bonchev–Trinajstić information content (AvgIpc) is 2.71. The summed E-state index contributed by atoms with van der Waals surface area (Å²) in [5, 5.41) is 4.65. The van der Waals surface area contributed by atoms with Gasteiger partial charge in [0, 0.05) is 0 Å². The molecule has 0 aromatic rings. The second kappa shape index (κ2) is 5.07. The van der Waals surface area contributed by atoms with Gasteiger partial charge in [-0.3, -0.25) is 0 Å². The van der Waals surface area contributed by atoms with E-state index in [1.807, 2.05) is 0 Å². The Morgan fingerprint density at radius 3 is 2.15 bits per heavy atom. The predicted molar refractivity (Wildman–Crippen MR) is 49.0 cm³/mol. The highest BCUT2D eigenvalue weighted by molar-refractivity contribution is 5.73. The van der Waals surface area contributed by atoms with Gasteiger partial charge in [-0.2, -0.15) is 31.5 Å². The van der Waals surface area contributed by atoms with E-state index in [9.17, 15) is 31.1 Å². The van der Waals surface area contributed by atoms with Crippen LogP contribution in [0, 0.1) is 0 Å². The van der Waals surface area contributed by atoms with Crippen LogP contribution in [0.25, 0.3) is 0 Å². The van der Waals surface area contributed by atoms with Crippen molar-refractivity contribution in [3.8, 4) is 0 Å². The Morgan fingerprint density at radius 2 is 1.75 bits per heavy atom. The maximum Gasteiger partial charge on any atom is 0.426 e. The number of halogens is 6. The van der Waals surface area contributed by atoms with Crippen LogP contribution in [0.5, 0.6) is 0 Å². The van der Waals surface area contributed by atoms with Crippen molar-refractivity contribution in [3.05, 3.63) is 0 Å². The van der Waals surface area contributed by atoms with Crippen molar-refractivity contribution in [1.82, 2.24) is 5.17 Å². The van der Waals surface area contributed by atoms with Crippen molar-refractivity contribution in [1.29, 1.82) is 0 Å². The number of rotatable bonds is 3. The number of carbonyl (C=O) groups is 1. The Bertz CT molecular complexity index is 393. The number of hydrogen-bond donors (Lipinski definition) is 0. The molecule has 0 aromatic heterocycles. The van der Waals surface area contributed by atoms with Gasteiger partial charge >= 0.3 is 18.3 Å². The quantitative estimate of drug-likeness (QED) is 0.591. The van der Waals surface area contributed by atoms with Crippen LogP contribution in [0.1, 0.15) is 6.92 Å². The summed E-state index contributed by atoms with van der Waals surface area (Å²) in [4.78, 5) is 15.3. The van der Waals surface area contributed by atoms with Gasteiger partial charge in [-0.05, 0) is 12.1 Å². The number of nitrogens with zero attached hydrogens (tertiary/aromatic N) is 3. The minimum atomic E-state index is -5.76. The van der Waals surface area contributed by atoms with Crippen molar-refractivity contribution in [3.63, 3.8) is 0 Å². The van der Waals surface area contributed by atoms with Crippen molar-refractivity contribution < 1.29 is 40.7 Å². The van der Waals surface area contributed by atoms with Gasteiger partial charge in [-0.25, -0.2) is 9.63 Å². The van der Waals surface area contributed by atoms with E-state index in [4.69, 9.17) is 0 Å². The number of hydroxylamine groups is 1. The average molecular weight is 309 g/mol. The molecule has 1 heterocycles. The maximum absolute atomic E-state index is 12.8. The summed E-state index contributed by atoms with van der Waals surface area (Å²) in [6.45, 7) is -0.801. The molecule has 1 aliphatic heterocycles. The summed E-state index contributed by atoms with van der Waals surface area (Å²) in [6.07, 6.45) is -13.2. The van der Waals surface area contributed by atoms with E-state index in [1.54, 1.807) is 0 Å². The van der Waals surface area contributed by atoms with E-state index in [-0.39, 0.29) is 0 Å². The van der Waals surface area contributed by atoms with Crippen LogP contribution in [0.4, 0.5) is 26.3 Å². The lowest BCUT2D eigenvalue weighted by atomic mass is 9.99. The highest BCUT2D eigenvalue weighted by atomic mass is 19.4. The molecule has 0 saturated carbocycles. The molecule has 6 nitrogen and oxygen atoms in total. The summed E-state index contributed by atoms with van der Waals surface area (Å²) in [5.41, 5.74) is -4.43. The molecule has 0 spiro atoms. The van der Waals surface area contributed by atoms with Gasteiger partial charge in [0.1, 0.15) is 6.54 Å². The first kappa shape index (κ1) is 16.5. The van der Waals surface area contributed by atoms with Crippen LogP contribution in [0.3, 0.4) is 0 Å². The second-order valence-corrected chi connectivity index (χ2v) is 3.79. The van der Waals surface area contributed by atoms with Crippen molar-refractivity contribution in [2.45, 2.75) is 30.9 Å². The summed E-state index contributed by atoms with van der Waals surface area (Å²) in [7, 11) is 0.897. The minimum Gasteiger partial charge on any atom is -0.467 e. The first-order chi connectivity index (χ1) is 8.97. The lowest BCUT2D eigenvalue weighted by Gasteiger charge is -2.37. The van der Waals surface area contributed by atoms with Gasteiger partial charge in [-0.15, -0.1) is 5.17 Å². The van der Waals surface area contributed by atoms with E-state index >= 15 is 0 Å². The molecular weight excluding hydrogens is 300 g/mol. The number of alkyl halides is 6. The zero-order valence-corrected chi connectivity index (χ0v) is 10.1. The number of carbonyl (C=O) groups excluding carboxylic acids is 1. The molecule has 0 amide bonds. The van der Waals surface area contributed by atoms with Gasteiger partial charge in [-0.1, -0.05) is 0 Å². The molecule has 0 aromatic carbocycles.